The minimum Gasteiger partial charge on any atom is -0.354 e. The van der Waals surface area contributed by atoms with Crippen LogP contribution in [-0.2, 0) is 14.4 Å². The predicted molar refractivity (Wildman–Crippen MR) is 98.8 cm³/mol. The SMILES string of the molecule is C[C@@H](C(=O)NC(C)(C)C(=O)NCCCCC(C=O)N(C)C)N(C)S. The van der Waals surface area contributed by atoms with Gasteiger partial charge in [-0.3, -0.25) is 9.59 Å². The lowest BCUT2D eigenvalue weighted by Crippen LogP contribution is -2.57. The predicted octanol–water partition coefficient (Wildman–Crippen LogP) is 0.462. The van der Waals surface area contributed by atoms with E-state index in [9.17, 15) is 14.4 Å². The molecule has 140 valence electrons. The zero-order valence-electron chi connectivity index (χ0n) is 15.6. The van der Waals surface area contributed by atoms with Gasteiger partial charge in [0.15, 0.2) is 0 Å². The number of nitrogens with one attached hydrogen (secondary N) is 2. The lowest BCUT2D eigenvalue weighted by atomic mass is 10.0. The maximum absolute atomic E-state index is 12.2. The first-order chi connectivity index (χ1) is 11.0. The van der Waals surface area contributed by atoms with Crippen LogP contribution in [0.5, 0.6) is 0 Å². The van der Waals surface area contributed by atoms with Crippen molar-refractivity contribution in [2.45, 2.75) is 57.7 Å². The van der Waals surface area contributed by atoms with Crippen LogP contribution in [0.1, 0.15) is 40.0 Å². The summed E-state index contributed by atoms with van der Waals surface area (Å²) in [4.78, 5) is 37.0. The Kier molecular flexibility index (Phi) is 10.2. The van der Waals surface area contributed by atoms with Crippen molar-refractivity contribution < 1.29 is 14.4 Å². The van der Waals surface area contributed by atoms with Crippen molar-refractivity contribution in [3.8, 4) is 0 Å². The van der Waals surface area contributed by atoms with Gasteiger partial charge in [0.05, 0.1) is 12.1 Å². The summed E-state index contributed by atoms with van der Waals surface area (Å²) in [7, 11) is 5.42. The lowest BCUT2D eigenvalue weighted by Gasteiger charge is -2.28. The number of aldehydes is 1. The highest BCUT2D eigenvalue weighted by molar-refractivity contribution is 7.77. The Morgan fingerprint density at radius 3 is 2.25 bits per heavy atom. The number of carbonyl (C=O) groups excluding carboxylic acids is 3. The molecular formula is C16H32N4O3S. The van der Waals surface area contributed by atoms with Gasteiger partial charge in [0.2, 0.25) is 11.8 Å². The molecular weight excluding hydrogens is 328 g/mol. The average Bonchev–Trinajstić information content (AvgIpc) is 2.48. The van der Waals surface area contributed by atoms with E-state index in [2.05, 4.69) is 23.4 Å². The van der Waals surface area contributed by atoms with Crippen molar-refractivity contribution in [1.82, 2.24) is 19.8 Å². The first-order valence-corrected chi connectivity index (χ1v) is 8.56. The summed E-state index contributed by atoms with van der Waals surface area (Å²) in [5.74, 6) is -0.489. The van der Waals surface area contributed by atoms with Crippen LogP contribution in [0.15, 0.2) is 0 Å². The quantitative estimate of drug-likeness (QED) is 0.283. The Balaban J connectivity index is 4.21. The van der Waals surface area contributed by atoms with E-state index in [-0.39, 0.29) is 17.9 Å². The number of carbonyl (C=O) groups is 3. The van der Waals surface area contributed by atoms with Gasteiger partial charge in [-0.2, -0.15) is 0 Å². The van der Waals surface area contributed by atoms with E-state index in [0.29, 0.717) is 6.54 Å². The van der Waals surface area contributed by atoms with Crippen molar-refractivity contribution in [3.05, 3.63) is 0 Å². The molecule has 2 atom stereocenters. The number of thiol groups is 1. The number of rotatable bonds is 11. The summed E-state index contributed by atoms with van der Waals surface area (Å²) in [6.45, 7) is 5.56. The largest absolute Gasteiger partial charge is 0.354 e. The molecule has 0 rings (SSSR count). The summed E-state index contributed by atoms with van der Waals surface area (Å²) in [6, 6.07) is -0.525. The van der Waals surface area contributed by atoms with Crippen LogP contribution in [-0.4, -0.2) is 72.6 Å². The summed E-state index contributed by atoms with van der Waals surface area (Å²) in [6.07, 6.45) is 3.33. The molecule has 0 aromatic carbocycles. The van der Waals surface area contributed by atoms with E-state index < -0.39 is 11.6 Å². The molecule has 8 heteroatoms. The third-order valence-corrected chi connectivity index (χ3v) is 4.32. The van der Waals surface area contributed by atoms with E-state index in [4.69, 9.17) is 0 Å². The summed E-state index contributed by atoms with van der Waals surface area (Å²) < 4.78 is 1.48. The third-order valence-electron chi connectivity index (χ3n) is 3.98. The normalized spacial score (nSPS) is 14.4. The molecule has 2 amide bonds. The van der Waals surface area contributed by atoms with Gasteiger partial charge in [-0.05, 0) is 61.2 Å². The molecule has 0 saturated heterocycles. The fourth-order valence-electron chi connectivity index (χ4n) is 1.99. The smallest absolute Gasteiger partial charge is 0.245 e. The average molecular weight is 361 g/mol. The maximum atomic E-state index is 12.2. The molecule has 24 heavy (non-hydrogen) atoms. The topological polar surface area (TPSA) is 81.8 Å². The molecule has 2 N–H and O–H groups in total. The molecule has 1 unspecified atom stereocenters. The number of amides is 2. The minimum absolute atomic E-state index is 0.0869. The Hall–Kier alpha value is -1.12. The molecule has 0 aliphatic carbocycles. The Bertz CT molecular complexity index is 428. The minimum atomic E-state index is -0.996. The van der Waals surface area contributed by atoms with E-state index in [1.54, 1.807) is 27.8 Å². The highest BCUT2D eigenvalue weighted by Crippen LogP contribution is 2.07. The van der Waals surface area contributed by atoms with Gasteiger partial charge >= 0.3 is 0 Å². The van der Waals surface area contributed by atoms with Crippen LogP contribution in [0.2, 0.25) is 0 Å². The molecule has 0 spiro atoms. The first-order valence-electron chi connectivity index (χ1n) is 8.16. The molecule has 0 aromatic heterocycles. The van der Waals surface area contributed by atoms with Gasteiger partial charge in [0.25, 0.3) is 0 Å². The maximum Gasteiger partial charge on any atom is 0.245 e. The van der Waals surface area contributed by atoms with E-state index >= 15 is 0 Å². The second kappa shape index (κ2) is 10.7. The molecule has 0 bridgehead atoms. The zero-order valence-corrected chi connectivity index (χ0v) is 16.5. The van der Waals surface area contributed by atoms with Gasteiger partial charge < -0.3 is 20.3 Å². The molecule has 7 nitrogen and oxygen atoms in total. The first kappa shape index (κ1) is 22.9. The van der Waals surface area contributed by atoms with Crippen molar-refractivity contribution >= 4 is 30.9 Å². The fourth-order valence-corrected chi connectivity index (χ4v) is 2.09. The van der Waals surface area contributed by atoms with Crippen LogP contribution >= 0.6 is 12.8 Å². The van der Waals surface area contributed by atoms with E-state index in [1.165, 1.54) is 4.31 Å². The van der Waals surface area contributed by atoms with Crippen molar-refractivity contribution in [1.29, 1.82) is 0 Å². The molecule has 0 aromatic rings. The molecule has 0 aliphatic heterocycles. The molecule has 0 saturated carbocycles. The highest BCUT2D eigenvalue weighted by atomic mass is 32.1. The fraction of sp³-hybridized carbons (Fsp3) is 0.812. The second-order valence-electron chi connectivity index (χ2n) is 6.78. The van der Waals surface area contributed by atoms with Crippen LogP contribution in [0.4, 0.5) is 0 Å². The zero-order chi connectivity index (χ0) is 18.9. The van der Waals surface area contributed by atoms with Gasteiger partial charge in [-0.1, -0.05) is 12.8 Å². The standard InChI is InChI=1S/C16H32N4O3S/c1-12(20(6)24)14(22)18-16(2,3)15(23)17-10-8-7-9-13(11-21)19(4)5/h11-13,24H,7-10H2,1-6H3,(H,17,23)(H,18,22)/t12-,13?/m0/s1. The molecule has 0 aliphatic rings. The Labute approximate surface area is 151 Å². The summed E-state index contributed by atoms with van der Waals surface area (Å²) in [5, 5.41) is 5.55. The van der Waals surface area contributed by atoms with Gasteiger partial charge in [-0.15, -0.1) is 0 Å². The van der Waals surface area contributed by atoms with Gasteiger partial charge in [0, 0.05) is 6.54 Å². The van der Waals surface area contributed by atoms with Crippen molar-refractivity contribution in [2.24, 2.45) is 0 Å². The van der Waals surface area contributed by atoms with Gasteiger partial charge in [0.1, 0.15) is 11.8 Å². The third kappa shape index (κ3) is 8.12. The number of nitrogens with zero attached hydrogens (tertiary/aromatic N) is 2. The Morgan fingerprint density at radius 1 is 1.21 bits per heavy atom. The highest BCUT2D eigenvalue weighted by Gasteiger charge is 2.31. The second-order valence-corrected chi connectivity index (χ2v) is 7.41. The van der Waals surface area contributed by atoms with Crippen molar-refractivity contribution in [2.75, 3.05) is 27.7 Å². The molecule has 0 radical (unpaired) electrons. The van der Waals surface area contributed by atoms with Crippen LogP contribution in [0.3, 0.4) is 0 Å². The lowest BCUT2D eigenvalue weighted by molar-refractivity contribution is -0.133. The number of hydrogen-bond donors (Lipinski definition) is 3. The summed E-state index contributed by atoms with van der Waals surface area (Å²) in [5.41, 5.74) is -0.996. The van der Waals surface area contributed by atoms with E-state index in [1.807, 2.05) is 19.0 Å². The van der Waals surface area contributed by atoms with Gasteiger partial charge in [-0.25, -0.2) is 4.31 Å². The monoisotopic (exact) mass is 360 g/mol. The summed E-state index contributed by atoms with van der Waals surface area (Å²) >= 11 is 4.10. The molecule has 0 fully saturated rings. The molecule has 0 heterocycles. The Morgan fingerprint density at radius 2 is 1.79 bits per heavy atom. The van der Waals surface area contributed by atoms with Crippen LogP contribution < -0.4 is 10.6 Å². The number of likely N-dealkylation sites (N-methyl/N-ethyl adjacent to an activating group) is 2. The van der Waals surface area contributed by atoms with Crippen molar-refractivity contribution in [3.63, 3.8) is 0 Å². The van der Waals surface area contributed by atoms with E-state index in [0.717, 1.165) is 25.5 Å². The number of hydrogen-bond acceptors (Lipinski definition) is 6. The van der Waals surface area contributed by atoms with Crippen LogP contribution in [0, 0.1) is 0 Å². The number of unbranched alkanes of at least 4 members (excludes halogenated alkanes) is 1. The van der Waals surface area contributed by atoms with Crippen LogP contribution in [0.25, 0.3) is 0 Å².